The minimum absolute atomic E-state index is 0.00625. The van der Waals surface area contributed by atoms with E-state index in [1.807, 2.05) is 29.6 Å². The second-order valence-electron chi connectivity index (χ2n) is 6.45. The summed E-state index contributed by atoms with van der Waals surface area (Å²) < 4.78 is 2.35. The van der Waals surface area contributed by atoms with Gasteiger partial charge in [-0.05, 0) is 42.7 Å². The number of hydrogen-bond acceptors (Lipinski definition) is 3. The van der Waals surface area contributed by atoms with Gasteiger partial charge in [-0.1, -0.05) is 47.5 Å². The first-order chi connectivity index (χ1) is 12.5. The summed E-state index contributed by atoms with van der Waals surface area (Å²) in [7, 11) is 0. The molecular formula is C21H17ClN2OS. The molecule has 2 aromatic carbocycles. The fourth-order valence-electron chi connectivity index (χ4n) is 3.12. The number of nitrogens with zero attached hydrogens (tertiary/aromatic N) is 2. The molecule has 0 N–H and O–H groups in total. The van der Waals surface area contributed by atoms with Crippen molar-refractivity contribution in [2.24, 2.45) is 0 Å². The van der Waals surface area contributed by atoms with Crippen LogP contribution in [-0.4, -0.2) is 9.55 Å². The molecule has 5 heteroatoms. The van der Waals surface area contributed by atoms with Crippen LogP contribution in [0, 0.1) is 13.8 Å². The highest BCUT2D eigenvalue weighted by molar-refractivity contribution is 7.17. The second kappa shape index (κ2) is 6.71. The zero-order chi connectivity index (χ0) is 18.3. The highest BCUT2D eigenvalue weighted by atomic mass is 35.5. The van der Waals surface area contributed by atoms with Crippen LogP contribution in [0.3, 0.4) is 0 Å². The lowest BCUT2D eigenvalue weighted by Gasteiger charge is -2.09. The first kappa shape index (κ1) is 17.0. The van der Waals surface area contributed by atoms with E-state index in [1.54, 1.807) is 10.9 Å². The molecule has 0 saturated heterocycles. The average molecular weight is 381 g/mol. The normalized spacial score (nSPS) is 11.2. The Morgan fingerprint density at radius 2 is 2.00 bits per heavy atom. The van der Waals surface area contributed by atoms with E-state index in [9.17, 15) is 4.79 Å². The third-order valence-corrected chi connectivity index (χ3v) is 5.71. The summed E-state index contributed by atoms with van der Waals surface area (Å²) in [6, 6.07) is 13.9. The Kier molecular flexibility index (Phi) is 4.39. The topological polar surface area (TPSA) is 34.9 Å². The van der Waals surface area contributed by atoms with Crippen molar-refractivity contribution in [3.05, 3.63) is 86.2 Å². The number of thiophene rings is 1. The fraction of sp³-hybridized carbons (Fsp3) is 0.143. The maximum Gasteiger partial charge on any atom is 0.271 e. The van der Waals surface area contributed by atoms with Crippen molar-refractivity contribution < 1.29 is 0 Å². The van der Waals surface area contributed by atoms with Crippen molar-refractivity contribution in [3.63, 3.8) is 0 Å². The molecule has 0 saturated carbocycles. The van der Waals surface area contributed by atoms with Crippen LogP contribution in [0.5, 0.6) is 0 Å². The summed E-state index contributed by atoms with van der Waals surface area (Å²) in [5.74, 6) is 0. The monoisotopic (exact) mass is 380 g/mol. The van der Waals surface area contributed by atoms with Crippen LogP contribution in [0.1, 0.15) is 16.7 Å². The molecule has 0 bridgehead atoms. The predicted molar refractivity (Wildman–Crippen MR) is 109 cm³/mol. The lowest BCUT2D eigenvalue weighted by molar-refractivity contribution is 0.746. The van der Waals surface area contributed by atoms with E-state index in [0.29, 0.717) is 16.3 Å². The van der Waals surface area contributed by atoms with Crippen molar-refractivity contribution in [1.29, 1.82) is 0 Å². The Morgan fingerprint density at radius 1 is 1.15 bits per heavy atom. The van der Waals surface area contributed by atoms with E-state index in [4.69, 9.17) is 11.6 Å². The standard InChI is InChI=1S/C21H17ClN2OS/c1-13-6-7-16(14(2)8-13)10-24-12-23-19-18(11-26-20(19)21(24)25)15-4-3-5-17(22)9-15/h3-9,11-12H,10H2,1-2H3. The predicted octanol–water partition coefficient (Wildman–Crippen LogP) is 5.44. The molecule has 0 amide bonds. The smallest absolute Gasteiger partial charge is 0.271 e. The number of halogens is 1. The average Bonchev–Trinajstić information content (AvgIpc) is 3.04. The van der Waals surface area contributed by atoms with Gasteiger partial charge in [0.25, 0.3) is 5.56 Å². The summed E-state index contributed by atoms with van der Waals surface area (Å²) in [4.78, 5) is 17.5. The van der Waals surface area contributed by atoms with E-state index in [1.165, 1.54) is 22.5 Å². The van der Waals surface area contributed by atoms with Gasteiger partial charge in [-0.3, -0.25) is 9.36 Å². The van der Waals surface area contributed by atoms with Crippen molar-refractivity contribution >= 4 is 33.2 Å². The Labute approximate surface area is 160 Å². The molecule has 130 valence electrons. The fourth-order valence-corrected chi connectivity index (χ4v) is 4.29. The summed E-state index contributed by atoms with van der Waals surface area (Å²) in [5, 5.41) is 2.65. The Hall–Kier alpha value is -2.43. The van der Waals surface area contributed by atoms with Gasteiger partial charge in [-0.2, -0.15) is 0 Å². The molecule has 4 aromatic rings. The molecule has 2 heterocycles. The van der Waals surface area contributed by atoms with Gasteiger partial charge in [0.05, 0.1) is 18.4 Å². The van der Waals surface area contributed by atoms with Gasteiger partial charge in [0.1, 0.15) is 4.70 Å². The van der Waals surface area contributed by atoms with Crippen LogP contribution in [0.15, 0.2) is 59.0 Å². The third-order valence-electron chi connectivity index (χ3n) is 4.52. The molecule has 0 fully saturated rings. The lowest BCUT2D eigenvalue weighted by atomic mass is 10.1. The lowest BCUT2D eigenvalue weighted by Crippen LogP contribution is -2.20. The van der Waals surface area contributed by atoms with Gasteiger partial charge in [-0.15, -0.1) is 11.3 Å². The number of hydrogen-bond donors (Lipinski definition) is 0. The molecule has 2 aromatic heterocycles. The van der Waals surface area contributed by atoms with E-state index >= 15 is 0 Å². The molecular weight excluding hydrogens is 364 g/mol. The highest BCUT2D eigenvalue weighted by Gasteiger charge is 2.13. The van der Waals surface area contributed by atoms with Crippen LogP contribution in [-0.2, 0) is 6.54 Å². The van der Waals surface area contributed by atoms with Crippen molar-refractivity contribution in [2.75, 3.05) is 0 Å². The molecule has 0 aliphatic heterocycles. The van der Waals surface area contributed by atoms with E-state index < -0.39 is 0 Å². The SMILES string of the molecule is Cc1ccc(Cn2cnc3c(-c4cccc(Cl)c4)csc3c2=O)c(C)c1. The summed E-state index contributed by atoms with van der Waals surface area (Å²) in [6.07, 6.45) is 1.64. The molecule has 26 heavy (non-hydrogen) atoms. The van der Waals surface area contributed by atoms with E-state index in [-0.39, 0.29) is 5.56 Å². The van der Waals surface area contributed by atoms with Crippen LogP contribution >= 0.6 is 22.9 Å². The van der Waals surface area contributed by atoms with Gasteiger partial charge in [0.15, 0.2) is 0 Å². The van der Waals surface area contributed by atoms with Crippen molar-refractivity contribution in [3.8, 4) is 11.1 Å². The zero-order valence-electron chi connectivity index (χ0n) is 14.5. The quantitative estimate of drug-likeness (QED) is 0.474. The molecule has 3 nitrogen and oxygen atoms in total. The van der Waals surface area contributed by atoms with Gasteiger partial charge in [-0.25, -0.2) is 4.98 Å². The van der Waals surface area contributed by atoms with Gasteiger partial charge in [0.2, 0.25) is 0 Å². The second-order valence-corrected chi connectivity index (χ2v) is 7.76. The molecule has 4 rings (SSSR count). The zero-order valence-corrected chi connectivity index (χ0v) is 16.1. The van der Waals surface area contributed by atoms with Gasteiger partial charge in [0, 0.05) is 16.0 Å². The minimum Gasteiger partial charge on any atom is -0.294 e. The van der Waals surface area contributed by atoms with E-state index in [0.717, 1.165) is 22.2 Å². The van der Waals surface area contributed by atoms with Crippen LogP contribution in [0.4, 0.5) is 0 Å². The number of rotatable bonds is 3. The summed E-state index contributed by atoms with van der Waals surface area (Å²) >= 11 is 7.54. The van der Waals surface area contributed by atoms with Crippen molar-refractivity contribution in [1.82, 2.24) is 9.55 Å². The molecule has 0 unspecified atom stereocenters. The van der Waals surface area contributed by atoms with Crippen LogP contribution < -0.4 is 5.56 Å². The largest absolute Gasteiger partial charge is 0.294 e. The Morgan fingerprint density at radius 3 is 2.77 bits per heavy atom. The summed E-state index contributed by atoms with van der Waals surface area (Å²) in [6.45, 7) is 4.67. The molecule has 0 atom stereocenters. The maximum atomic E-state index is 12.9. The minimum atomic E-state index is -0.00625. The highest BCUT2D eigenvalue weighted by Crippen LogP contribution is 2.32. The van der Waals surface area contributed by atoms with Crippen molar-refractivity contribution in [2.45, 2.75) is 20.4 Å². The Balaban J connectivity index is 1.78. The molecule has 0 spiro atoms. The summed E-state index contributed by atoms with van der Waals surface area (Å²) in [5.41, 5.74) is 6.18. The number of aryl methyl sites for hydroxylation is 2. The van der Waals surface area contributed by atoms with Crippen LogP contribution in [0.25, 0.3) is 21.3 Å². The first-order valence-electron chi connectivity index (χ1n) is 8.31. The molecule has 0 aliphatic carbocycles. The van der Waals surface area contributed by atoms with Gasteiger partial charge >= 0.3 is 0 Å². The number of benzene rings is 2. The molecule has 0 aliphatic rings. The maximum absolute atomic E-state index is 12.9. The number of fused-ring (bicyclic) bond motifs is 1. The first-order valence-corrected chi connectivity index (χ1v) is 9.57. The Bertz CT molecular complexity index is 1180. The van der Waals surface area contributed by atoms with Crippen LogP contribution in [0.2, 0.25) is 5.02 Å². The number of aromatic nitrogens is 2. The molecule has 0 radical (unpaired) electrons. The van der Waals surface area contributed by atoms with E-state index in [2.05, 4.69) is 37.0 Å². The third kappa shape index (κ3) is 3.06. The van der Waals surface area contributed by atoms with Gasteiger partial charge < -0.3 is 0 Å².